The lowest BCUT2D eigenvalue weighted by atomic mass is 10.0. The lowest BCUT2D eigenvalue weighted by Crippen LogP contribution is -2.12. The van der Waals surface area contributed by atoms with Crippen molar-refractivity contribution in [3.05, 3.63) is 48.3 Å². The fourth-order valence-corrected chi connectivity index (χ4v) is 2.29. The number of nitrogens with two attached hydrogens (primary N) is 1. The predicted molar refractivity (Wildman–Crippen MR) is 79.6 cm³/mol. The van der Waals surface area contributed by atoms with Crippen molar-refractivity contribution in [1.29, 1.82) is 0 Å². The molecule has 20 heavy (non-hydrogen) atoms. The third-order valence-electron chi connectivity index (χ3n) is 3.26. The van der Waals surface area contributed by atoms with Crippen LogP contribution in [0.4, 0.5) is 5.69 Å². The van der Waals surface area contributed by atoms with Gasteiger partial charge >= 0.3 is 0 Å². The van der Waals surface area contributed by atoms with Crippen molar-refractivity contribution in [2.75, 3.05) is 12.4 Å². The Labute approximate surface area is 115 Å². The average Bonchev–Trinajstić information content (AvgIpc) is 2.87. The Morgan fingerprint density at radius 3 is 2.65 bits per heavy atom. The molecule has 3 rings (SSSR count). The van der Waals surface area contributed by atoms with Gasteiger partial charge in [-0.2, -0.15) is 0 Å². The zero-order chi connectivity index (χ0) is 14.1. The van der Waals surface area contributed by atoms with Gasteiger partial charge < -0.3 is 16.0 Å². The topological polar surface area (TPSA) is 83.8 Å². The first-order valence-electron chi connectivity index (χ1n) is 6.25. The molecule has 0 fully saturated rings. The number of nitrogens with one attached hydrogen (secondary N) is 2. The SMILES string of the molecule is CNc1ccc(-c2c(C(N)=O)[nH]c3cccnc23)cc1. The molecular weight excluding hydrogens is 252 g/mol. The summed E-state index contributed by atoms with van der Waals surface area (Å²) in [6.45, 7) is 0. The van der Waals surface area contributed by atoms with Crippen LogP contribution in [0, 0.1) is 0 Å². The minimum atomic E-state index is -0.490. The van der Waals surface area contributed by atoms with E-state index in [9.17, 15) is 4.79 Å². The smallest absolute Gasteiger partial charge is 0.265 e. The molecule has 5 heteroatoms. The van der Waals surface area contributed by atoms with E-state index in [1.165, 1.54) is 0 Å². The number of nitrogens with zero attached hydrogens (tertiary/aromatic N) is 1. The highest BCUT2D eigenvalue weighted by molar-refractivity contribution is 6.07. The van der Waals surface area contributed by atoms with Crippen LogP contribution in [-0.2, 0) is 0 Å². The Morgan fingerprint density at radius 1 is 1.25 bits per heavy atom. The number of amides is 1. The van der Waals surface area contributed by atoms with Crippen LogP contribution in [0.3, 0.4) is 0 Å². The van der Waals surface area contributed by atoms with Gasteiger partial charge in [-0.1, -0.05) is 12.1 Å². The number of aromatic nitrogens is 2. The van der Waals surface area contributed by atoms with Gasteiger partial charge in [0.05, 0.1) is 11.0 Å². The van der Waals surface area contributed by atoms with E-state index in [4.69, 9.17) is 5.73 Å². The number of benzene rings is 1. The summed E-state index contributed by atoms with van der Waals surface area (Å²) in [7, 11) is 1.86. The maximum Gasteiger partial charge on any atom is 0.265 e. The molecule has 2 aromatic heterocycles. The average molecular weight is 266 g/mol. The number of anilines is 1. The molecule has 3 aromatic rings. The summed E-state index contributed by atoms with van der Waals surface area (Å²) in [6, 6.07) is 11.5. The summed E-state index contributed by atoms with van der Waals surface area (Å²) in [5.74, 6) is -0.490. The van der Waals surface area contributed by atoms with E-state index in [1.54, 1.807) is 6.20 Å². The number of fused-ring (bicyclic) bond motifs is 1. The second kappa shape index (κ2) is 4.70. The molecule has 0 saturated heterocycles. The van der Waals surface area contributed by atoms with Crippen LogP contribution in [0.5, 0.6) is 0 Å². The number of rotatable bonds is 3. The first kappa shape index (κ1) is 12.2. The third kappa shape index (κ3) is 1.89. The largest absolute Gasteiger partial charge is 0.388 e. The standard InChI is InChI=1S/C15H14N4O/c1-17-10-6-4-9(5-7-10)12-13-11(3-2-8-18-13)19-14(12)15(16)20/h2-8,17,19H,1H3,(H2,16,20). The Bertz CT molecular complexity index is 774. The van der Waals surface area contributed by atoms with E-state index in [2.05, 4.69) is 15.3 Å². The van der Waals surface area contributed by atoms with E-state index < -0.39 is 5.91 Å². The van der Waals surface area contributed by atoms with Crippen LogP contribution < -0.4 is 11.1 Å². The summed E-state index contributed by atoms with van der Waals surface area (Å²) in [5, 5.41) is 3.06. The van der Waals surface area contributed by atoms with Gasteiger partial charge in [0, 0.05) is 24.5 Å². The van der Waals surface area contributed by atoms with Crippen LogP contribution in [0.15, 0.2) is 42.6 Å². The first-order valence-corrected chi connectivity index (χ1v) is 6.25. The van der Waals surface area contributed by atoms with Crippen molar-refractivity contribution in [2.45, 2.75) is 0 Å². The number of carbonyl (C=O) groups is 1. The van der Waals surface area contributed by atoms with Crippen LogP contribution in [0.2, 0.25) is 0 Å². The maximum absolute atomic E-state index is 11.6. The molecule has 1 aromatic carbocycles. The number of hydrogen-bond donors (Lipinski definition) is 3. The van der Waals surface area contributed by atoms with Crippen LogP contribution in [-0.4, -0.2) is 22.9 Å². The lowest BCUT2D eigenvalue weighted by Gasteiger charge is -2.04. The van der Waals surface area contributed by atoms with Gasteiger partial charge in [-0.25, -0.2) is 0 Å². The van der Waals surface area contributed by atoms with E-state index in [0.29, 0.717) is 5.69 Å². The van der Waals surface area contributed by atoms with E-state index in [-0.39, 0.29) is 0 Å². The Morgan fingerprint density at radius 2 is 2.00 bits per heavy atom. The molecule has 0 saturated carbocycles. The number of aromatic amines is 1. The molecule has 4 N–H and O–H groups in total. The highest BCUT2D eigenvalue weighted by Crippen LogP contribution is 2.31. The minimum Gasteiger partial charge on any atom is -0.388 e. The first-order chi connectivity index (χ1) is 9.70. The predicted octanol–water partition coefficient (Wildman–Crippen LogP) is 2.37. The fraction of sp³-hybridized carbons (Fsp3) is 0.0667. The van der Waals surface area contributed by atoms with Gasteiger partial charge in [0.1, 0.15) is 5.69 Å². The highest BCUT2D eigenvalue weighted by atomic mass is 16.1. The quantitative estimate of drug-likeness (QED) is 0.680. The van der Waals surface area contributed by atoms with E-state index in [0.717, 1.165) is 27.8 Å². The van der Waals surface area contributed by atoms with E-state index in [1.807, 2.05) is 43.4 Å². The van der Waals surface area contributed by atoms with Crippen molar-refractivity contribution < 1.29 is 4.79 Å². The molecule has 2 heterocycles. The summed E-state index contributed by atoms with van der Waals surface area (Å²) in [5.41, 5.74) is 10.0. The van der Waals surface area contributed by atoms with Gasteiger partial charge in [0.2, 0.25) is 0 Å². The molecule has 0 unspecified atom stereocenters. The molecule has 0 radical (unpaired) electrons. The second-order valence-corrected chi connectivity index (χ2v) is 4.47. The third-order valence-corrected chi connectivity index (χ3v) is 3.26. The van der Waals surface area contributed by atoms with Gasteiger partial charge in [0.25, 0.3) is 5.91 Å². The Hall–Kier alpha value is -2.82. The maximum atomic E-state index is 11.6. The van der Waals surface area contributed by atoms with Crippen LogP contribution in [0.1, 0.15) is 10.5 Å². The van der Waals surface area contributed by atoms with Gasteiger partial charge in [0.15, 0.2) is 0 Å². The molecule has 5 nitrogen and oxygen atoms in total. The zero-order valence-corrected chi connectivity index (χ0v) is 11.0. The van der Waals surface area contributed by atoms with Gasteiger partial charge in [-0.05, 0) is 29.8 Å². The fourth-order valence-electron chi connectivity index (χ4n) is 2.29. The lowest BCUT2D eigenvalue weighted by molar-refractivity contribution is 0.0997. The summed E-state index contributed by atoms with van der Waals surface area (Å²) in [6.07, 6.45) is 1.70. The van der Waals surface area contributed by atoms with E-state index >= 15 is 0 Å². The number of primary amides is 1. The van der Waals surface area contributed by atoms with Gasteiger partial charge in [-0.3, -0.25) is 9.78 Å². The summed E-state index contributed by atoms with van der Waals surface area (Å²) < 4.78 is 0. The van der Waals surface area contributed by atoms with Crippen molar-refractivity contribution in [3.8, 4) is 11.1 Å². The zero-order valence-electron chi connectivity index (χ0n) is 11.0. The molecule has 0 spiro atoms. The van der Waals surface area contributed by atoms with Crippen molar-refractivity contribution in [1.82, 2.24) is 9.97 Å². The molecule has 0 aliphatic rings. The van der Waals surface area contributed by atoms with Crippen molar-refractivity contribution >= 4 is 22.6 Å². The van der Waals surface area contributed by atoms with Gasteiger partial charge in [-0.15, -0.1) is 0 Å². The highest BCUT2D eigenvalue weighted by Gasteiger charge is 2.17. The molecule has 1 amide bonds. The molecule has 100 valence electrons. The molecule has 0 aliphatic carbocycles. The number of pyridine rings is 1. The minimum absolute atomic E-state index is 0.385. The number of H-pyrrole nitrogens is 1. The van der Waals surface area contributed by atoms with Crippen molar-refractivity contribution in [2.24, 2.45) is 5.73 Å². The second-order valence-electron chi connectivity index (χ2n) is 4.47. The molecule has 0 bridgehead atoms. The van der Waals surface area contributed by atoms with Crippen LogP contribution >= 0.6 is 0 Å². The normalized spacial score (nSPS) is 10.7. The Balaban J connectivity index is 2.27. The van der Waals surface area contributed by atoms with Crippen LogP contribution in [0.25, 0.3) is 22.2 Å². The molecule has 0 atom stereocenters. The molecular formula is C15H14N4O. The van der Waals surface area contributed by atoms with Crippen molar-refractivity contribution in [3.63, 3.8) is 0 Å². The number of hydrogen-bond acceptors (Lipinski definition) is 3. The molecule has 0 aliphatic heterocycles. The summed E-state index contributed by atoms with van der Waals surface area (Å²) >= 11 is 0. The summed E-state index contributed by atoms with van der Waals surface area (Å²) in [4.78, 5) is 19.0. The monoisotopic (exact) mass is 266 g/mol. The Kier molecular flexibility index (Phi) is 2.87. The number of carbonyl (C=O) groups excluding carboxylic acids is 1.